The summed E-state index contributed by atoms with van der Waals surface area (Å²) in [6.07, 6.45) is 2.04. The summed E-state index contributed by atoms with van der Waals surface area (Å²) in [5.74, 6) is -1.20. The second-order valence-corrected chi connectivity index (χ2v) is 8.24. The van der Waals surface area contributed by atoms with Gasteiger partial charge in [-0.3, -0.25) is 14.4 Å². The molecule has 1 aromatic rings. The van der Waals surface area contributed by atoms with E-state index in [2.05, 4.69) is 13.8 Å². The maximum absolute atomic E-state index is 12.8. The Morgan fingerprint density at radius 1 is 1.19 bits per heavy atom. The molecular weight excluding hydrogens is 344 g/mol. The van der Waals surface area contributed by atoms with Gasteiger partial charge in [-0.2, -0.15) is 0 Å². The second-order valence-electron chi connectivity index (χ2n) is 8.24. The highest BCUT2D eigenvalue weighted by Gasteiger charge is 2.55. The van der Waals surface area contributed by atoms with Gasteiger partial charge in [-0.25, -0.2) is 0 Å². The number of amides is 2. The molecule has 2 aliphatic rings. The number of hydrogen-bond acceptors (Lipinski definition) is 3. The van der Waals surface area contributed by atoms with Crippen LogP contribution in [0.1, 0.15) is 49.0 Å². The Bertz CT molecular complexity index is 733. The van der Waals surface area contributed by atoms with Gasteiger partial charge >= 0.3 is 5.97 Å². The third-order valence-electron chi connectivity index (χ3n) is 6.13. The van der Waals surface area contributed by atoms with E-state index in [1.165, 1.54) is 5.56 Å². The maximum Gasteiger partial charge on any atom is 0.309 e. The van der Waals surface area contributed by atoms with Gasteiger partial charge in [0, 0.05) is 32.1 Å². The number of likely N-dealkylation sites (tertiary alicyclic amines) is 2. The number of rotatable bonds is 4. The first-order chi connectivity index (χ1) is 12.7. The van der Waals surface area contributed by atoms with E-state index in [1.54, 1.807) is 16.8 Å². The highest BCUT2D eigenvalue weighted by Crippen LogP contribution is 2.43. The number of carbonyl (C=O) groups is 3. The van der Waals surface area contributed by atoms with Gasteiger partial charge in [-0.05, 0) is 42.9 Å². The zero-order chi connectivity index (χ0) is 19.8. The number of nitrogens with zero attached hydrogens (tertiary/aromatic N) is 2. The number of carbonyl (C=O) groups excluding carboxylic acids is 2. The van der Waals surface area contributed by atoms with Gasteiger partial charge in [-0.1, -0.05) is 26.0 Å². The molecule has 2 fully saturated rings. The Morgan fingerprint density at radius 2 is 1.78 bits per heavy atom. The zero-order valence-electron chi connectivity index (χ0n) is 16.3. The summed E-state index contributed by atoms with van der Waals surface area (Å²) in [5, 5.41) is 9.55. The van der Waals surface area contributed by atoms with Gasteiger partial charge in [0.25, 0.3) is 5.91 Å². The van der Waals surface area contributed by atoms with Crippen LogP contribution in [0.4, 0.5) is 0 Å². The van der Waals surface area contributed by atoms with Gasteiger partial charge < -0.3 is 14.9 Å². The molecule has 1 spiro atoms. The van der Waals surface area contributed by atoms with Crippen LogP contribution in [0, 0.1) is 11.8 Å². The first-order valence-electron chi connectivity index (χ1n) is 9.62. The average Bonchev–Trinajstić information content (AvgIpc) is 2.87. The van der Waals surface area contributed by atoms with Crippen LogP contribution in [-0.2, 0) is 16.0 Å². The molecule has 0 saturated carbocycles. The number of carboxylic acid groups (broad SMARTS) is 1. The van der Waals surface area contributed by atoms with Crippen LogP contribution in [0.3, 0.4) is 0 Å². The van der Waals surface area contributed by atoms with Gasteiger partial charge in [0.1, 0.15) is 0 Å². The van der Waals surface area contributed by atoms with E-state index >= 15 is 0 Å². The quantitative estimate of drug-likeness (QED) is 0.880. The Kier molecular flexibility index (Phi) is 5.27. The minimum Gasteiger partial charge on any atom is -0.481 e. The fourth-order valence-corrected chi connectivity index (χ4v) is 4.52. The predicted molar refractivity (Wildman–Crippen MR) is 101 cm³/mol. The summed E-state index contributed by atoms with van der Waals surface area (Å²) >= 11 is 0. The Hall–Kier alpha value is -2.37. The molecule has 146 valence electrons. The minimum atomic E-state index is -0.923. The van der Waals surface area contributed by atoms with Crippen LogP contribution in [0.25, 0.3) is 0 Å². The zero-order valence-corrected chi connectivity index (χ0v) is 16.3. The Balaban J connectivity index is 1.69. The lowest BCUT2D eigenvalue weighted by molar-refractivity contribution is -0.145. The van der Waals surface area contributed by atoms with E-state index in [4.69, 9.17) is 0 Å². The van der Waals surface area contributed by atoms with Crippen molar-refractivity contribution in [3.8, 4) is 0 Å². The van der Waals surface area contributed by atoms with Gasteiger partial charge in [-0.15, -0.1) is 0 Å². The van der Waals surface area contributed by atoms with E-state index in [-0.39, 0.29) is 18.2 Å². The molecule has 0 radical (unpaired) electrons. The standard InChI is InChI=1S/C21H28N2O4/c1-14(2)12-15-4-6-16(7-5-15)19(25)23-10-8-21(9-11-23)17(20(26)27)13-18(24)22(21)3/h4-7,14,17H,8-13H2,1-3H3,(H,26,27)/t17-/m1/s1. The maximum atomic E-state index is 12.8. The molecule has 3 rings (SSSR count). The highest BCUT2D eigenvalue weighted by molar-refractivity contribution is 5.94. The normalized spacial score (nSPS) is 21.9. The molecule has 0 aliphatic carbocycles. The average molecular weight is 372 g/mol. The van der Waals surface area contributed by atoms with E-state index in [9.17, 15) is 19.5 Å². The van der Waals surface area contributed by atoms with Crippen molar-refractivity contribution in [3.05, 3.63) is 35.4 Å². The van der Waals surface area contributed by atoms with Crippen LogP contribution in [0.5, 0.6) is 0 Å². The first-order valence-corrected chi connectivity index (χ1v) is 9.62. The largest absolute Gasteiger partial charge is 0.481 e. The SMILES string of the molecule is CC(C)Cc1ccc(C(=O)N2CCC3(CC2)[C@@H](C(=O)O)CC(=O)N3C)cc1. The van der Waals surface area contributed by atoms with Crippen LogP contribution in [0.2, 0.25) is 0 Å². The summed E-state index contributed by atoms with van der Waals surface area (Å²) in [5.41, 5.74) is 1.21. The van der Waals surface area contributed by atoms with E-state index in [0.29, 0.717) is 37.4 Å². The van der Waals surface area contributed by atoms with Crippen molar-refractivity contribution in [2.45, 2.75) is 45.1 Å². The number of hydrogen-bond donors (Lipinski definition) is 1. The third-order valence-corrected chi connectivity index (χ3v) is 6.13. The van der Waals surface area contributed by atoms with Crippen molar-refractivity contribution < 1.29 is 19.5 Å². The molecule has 2 amide bonds. The molecule has 0 bridgehead atoms. The lowest BCUT2D eigenvalue weighted by Gasteiger charge is -2.45. The lowest BCUT2D eigenvalue weighted by Crippen LogP contribution is -2.56. The summed E-state index contributed by atoms with van der Waals surface area (Å²) in [6, 6.07) is 7.75. The van der Waals surface area contributed by atoms with Gasteiger partial charge in [0.05, 0.1) is 11.5 Å². The molecule has 27 heavy (non-hydrogen) atoms. The third kappa shape index (κ3) is 3.57. The van der Waals surface area contributed by atoms with Crippen molar-refractivity contribution >= 4 is 17.8 Å². The highest BCUT2D eigenvalue weighted by atomic mass is 16.4. The van der Waals surface area contributed by atoms with Crippen LogP contribution < -0.4 is 0 Å². The van der Waals surface area contributed by atoms with Crippen LogP contribution in [-0.4, -0.2) is 58.4 Å². The second kappa shape index (κ2) is 7.33. The molecule has 2 saturated heterocycles. The van der Waals surface area contributed by atoms with Gasteiger partial charge in [0.15, 0.2) is 0 Å². The van der Waals surface area contributed by atoms with Gasteiger partial charge in [0.2, 0.25) is 5.91 Å². The lowest BCUT2D eigenvalue weighted by atomic mass is 9.77. The van der Waals surface area contributed by atoms with Crippen molar-refractivity contribution in [1.82, 2.24) is 9.80 Å². The summed E-state index contributed by atoms with van der Waals surface area (Å²) in [7, 11) is 1.69. The number of carboxylic acids is 1. The smallest absolute Gasteiger partial charge is 0.309 e. The van der Waals surface area contributed by atoms with Crippen LogP contribution in [0.15, 0.2) is 24.3 Å². The Morgan fingerprint density at radius 3 is 2.30 bits per heavy atom. The fourth-order valence-electron chi connectivity index (χ4n) is 4.52. The molecule has 1 N–H and O–H groups in total. The molecule has 0 unspecified atom stereocenters. The van der Waals surface area contributed by atoms with Crippen molar-refractivity contribution in [2.75, 3.05) is 20.1 Å². The monoisotopic (exact) mass is 372 g/mol. The number of benzene rings is 1. The fraction of sp³-hybridized carbons (Fsp3) is 0.571. The molecule has 2 aliphatic heterocycles. The molecule has 6 heteroatoms. The summed E-state index contributed by atoms with van der Waals surface area (Å²) < 4.78 is 0. The van der Waals surface area contributed by atoms with Crippen molar-refractivity contribution in [2.24, 2.45) is 11.8 Å². The number of piperidine rings is 1. The summed E-state index contributed by atoms with van der Waals surface area (Å²) in [6.45, 7) is 5.26. The van der Waals surface area contributed by atoms with E-state index in [0.717, 1.165) is 6.42 Å². The van der Waals surface area contributed by atoms with Crippen molar-refractivity contribution in [1.29, 1.82) is 0 Å². The summed E-state index contributed by atoms with van der Waals surface area (Å²) in [4.78, 5) is 39.9. The van der Waals surface area contributed by atoms with Crippen LogP contribution >= 0.6 is 0 Å². The topological polar surface area (TPSA) is 77.9 Å². The molecule has 6 nitrogen and oxygen atoms in total. The van der Waals surface area contributed by atoms with E-state index in [1.807, 2.05) is 24.3 Å². The number of aliphatic carboxylic acids is 1. The molecule has 0 aromatic heterocycles. The molecule has 1 aromatic carbocycles. The Labute approximate surface area is 160 Å². The molecule has 2 heterocycles. The minimum absolute atomic E-state index is 0.0280. The predicted octanol–water partition coefficient (Wildman–Crippen LogP) is 2.42. The molecule has 1 atom stereocenters. The molecular formula is C21H28N2O4. The van der Waals surface area contributed by atoms with Crippen molar-refractivity contribution in [3.63, 3.8) is 0 Å². The van der Waals surface area contributed by atoms with E-state index < -0.39 is 17.4 Å². The first kappa shape index (κ1) is 19.4.